The van der Waals surface area contributed by atoms with Crippen LogP contribution in [0, 0.1) is 5.92 Å². The summed E-state index contributed by atoms with van der Waals surface area (Å²) in [4.78, 5) is 12.0. The number of rotatable bonds is 8. The van der Waals surface area contributed by atoms with Gasteiger partial charge in [0.2, 0.25) is 0 Å². The van der Waals surface area contributed by atoms with E-state index >= 15 is 0 Å². The quantitative estimate of drug-likeness (QED) is 0.504. The molecule has 0 spiro atoms. The molecule has 0 aromatic carbocycles. The molecule has 0 aromatic rings. The van der Waals surface area contributed by atoms with Gasteiger partial charge < -0.3 is 14.8 Å². The first kappa shape index (κ1) is 13.5. The molecule has 4 heteroatoms. The molecule has 0 bridgehead atoms. The zero-order valence-electron chi connectivity index (χ0n) is 10.5. The molecule has 1 unspecified atom stereocenters. The highest BCUT2D eigenvalue weighted by Crippen LogP contribution is 2.40. The van der Waals surface area contributed by atoms with Gasteiger partial charge in [-0.15, -0.1) is 0 Å². The van der Waals surface area contributed by atoms with Gasteiger partial charge in [0.1, 0.15) is 5.54 Å². The Hall–Kier alpha value is -0.610. The predicted octanol–water partition coefficient (Wildman–Crippen LogP) is 1.34. The maximum absolute atomic E-state index is 12.0. The topological polar surface area (TPSA) is 47.6 Å². The molecule has 1 fully saturated rings. The second kappa shape index (κ2) is 6.21. The Morgan fingerprint density at radius 3 is 2.56 bits per heavy atom. The number of nitrogens with one attached hydrogen (secondary N) is 1. The zero-order valence-corrected chi connectivity index (χ0v) is 10.5. The van der Waals surface area contributed by atoms with E-state index < -0.39 is 5.54 Å². The molecule has 1 aliphatic carbocycles. The summed E-state index contributed by atoms with van der Waals surface area (Å²) in [5.41, 5.74) is -0.620. The first-order valence-corrected chi connectivity index (χ1v) is 6.15. The van der Waals surface area contributed by atoms with Crippen LogP contribution in [0.1, 0.15) is 33.1 Å². The third kappa shape index (κ3) is 2.95. The van der Waals surface area contributed by atoms with Gasteiger partial charge in [0, 0.05) is 6.61 Å². The van der Waals surface area contributed by atoms with Crippen LogP contribution in [-0.4, -0.2) is 38.4 Å². The molecule has 94 valence electrons. The van der Waals surface area contributed by atoms with Gasteiger partial charge >= 0.3 is 5.97 Å². The fraction of sp³-hybridized carbons (Fsp3) is 0.917. The molecule has 1 saturated carbocycles. The lowest BCUT2D eigenvalue weighted by atomic mass is 9.94. The van der Waals surface area contributed by atoms with Crippen LogP contribution >= 0.6 is 0 Å². The molecule has 4 nitrogen and oxygen atoms in total. The summed E-state index contributed by atoms with van der Waals surface area (Å²) in [6.45, 7) is 5.42. The minimum absolute atomic E-state index is 0.170. The van der Waals surface area contributed by atoms with Crippen LogP contribution in [0.25, 0.3) is 0 Å². The minimum Gasteiger partial charge on any atom is -0.465 e. The van der Waals surface area contributed by atoms with Gasteiger partial charge in [-0.1, -0.05) is 6.92 Å². The third-order valence-corrected chi connectivity index (χ3v) is 3.04. The van der Waals surface area contributed by atoms with E-state index in [2.05, 4.69) is 12.2 Å². The summed E-state index contributed by atoms with van der Waals surface area (Å²) in [5.74, 6) is 0.199. The van der Waals surface area contributed by atoms with Crippen LogP contribution in [0.15, 0.2) is 0 Å². The summed E-state index contributed by atoms with van der Waals surface area (Å²) in [6, 6.07) is 0. The molecule has 0 saturated heterocycles. The lowest BCUT2D eigenvalue weighted by Gasteiger charge is -2.30. The zero-order chi connectivity index (χ0) is 12.0. The van der Waals surface area contributed by atoms with E-state index in [1.807, 2.05) is 14.0 Å². The number of carbonyl (C=O) groups excluding carboxylic acids is 1. The van der Waals surface area contributed by atoms with E-state index in [1.54, 1.807) is 0 Å². The van der Waals surface area contributed by atoms with Crippen LogP contribution in [0.5, 0.6) is 0 Å². The van der Waals surface area contributed by atoms with E-state index in [0.29, 0.717) is 25.7 Å². The Bertz CT molecular complexity index is 228. The van der Waals surface area contributed by atoms with Crippen molar-refractivity contribution in [3.8, 4) is 0 Å². The summed E-state index contributed by atoms with van der Waals surface area (Å²) in [5, 5.41) is 3.12. The SMILES string of the molecule is CCCOCC(NC)(C(=O)OCC)C1CC1. The largest absolute Gasteiger partial charge is 0.465 e. The van der Waals surface area contributed by atoms with Gasteiger partial charge in [0.25, 0.3) is 0 Å². The molecule has 0 radical (unpaired) electrons. The van der Waals surface area contributed by atoms with Gasteiger partial charge in [-0.05, 0) is 39.2 Å². The fourth-order valence-electron chi connectivity index (χ4n) is 1.94. The lowest BCUT2D eigenvalue weighted by molar-refractivity contribution is -0.155. The van der Waals surface area contributed by atoms with Crippen molar-refractivity contribution in [2.24, 2.45) is 5.92 Å². The number of esters is 1. The van der Waals surface area contributed by atoms with Crippen LogP contribution in [0.2, 0.25) is 0 Å². The monoisotopic (exact) mass is 229 g/mol. The molecular weight excluding hydrogens is 206 g/mol. The molecule has 0 amide bonds. The highest BCUT2D eigenvalue weighted by Gasteiger charge is 2.51. The van der Waals surface area contributed by atoms with E-state index in [1.165, 1.54) is 0 Å². The van der Waals surface area contributed by atoms with Crippen molar-refractivity contribution >= 4 is 5.97 Å². The van der Waals surface area contributed by atoms with Crippen molar-refractivity contribution in [1.29, 1.82) is 0 Å². The van der Waals surface area contributed by atoms with Crippen molar-refractivity contribution in [3.05, 3.63) is 0 Å². The normalized spacial score (nSPS) is 19.2. The van der Waals surface area contributed by atoms with Gasteiger partial charge in [0.05, 0.1) is 13.2 Å². The Balaban J connectivity index is 2.61. The summed E-state index contributed by atoms with van der Waals surface area (Å²) < 4.78 is 10.7. The maximum atomic E-state index is 12.0. The van der Waals surface area contributed by atoms with Crippen molar-refractivity contribution in [3.63, 3.8) is 0 Å². The summed E-state index contributed by atoms with van der Waals surface area (Å²) in [7, 11) is 1.81. The standard InChI is InChI=1S/C12H23NO3/c1-4-8-15-9-12(13-3,10-6-7-10)11(14)16-5-2/h10,13H,4-9H2,1-3H3. The molecule has 1 rings (SSSR count). The van der Waals surface area contributed by atoms with Crippen LogP contribution in [-0.2, 0) is 14.3 Å². The Morgan fingerprint density at radius 2 is 2.12 bits per heavy atom. The number of hydrogen-bond donors (Lipinski definition) is 1. The average molecular weight is 229 g/mol. The number of likely N-dealkylation sites (N-methyl/N-ethyl adjacent to an activating group) is 1. The second-order valence-electron chi connectivity index (χ2n) is 4.27. The Morgan fingerprint density at radius 1 is 1.44 bits per heavy atom. The van der Waals surface area contributed by atoms with Crippen LogP contribution < -0.4 is 5.32 Å². The van der Waals surface area contributed by atoms with Crippen molar-refractivity contribution in [2.45, 2.75) is 38.6 Å². The molecule has 1 atom stereocenters. The van der Waals surface area contributed by atoms with E-state index in [4.69, 9.17) is 9.47 Å². The van der Waals surface area contributed by atoms with Gasteiger partial charge in [0.15, 0.2) is 0 Å². The lowest BCUT2D eigenvalue weighted by Crippen LogP contribution is -2.57. The third-order valence-electron chi connectivity index (χ3n) is 3.04. The average Bonchev–Trinajstić information content (AvgIpc) is 3.09. The summed E-state index contributed by atoms with van der Waals surface area (Å²) in [6.07, 6.45) is 3.12. The number of carbonyl (C=O) groups is 1. The summed E-state index contributed by atoms with van der Waals surface area (Å²) >= 11 is 0. The van der Waals surface area contributed by atoms with E-state index in [0.717, 1.165) is 19.3 Å². The van der Waals surface area contributed by atoms with Gasteiger partial charge in [-0.3, -0.25) is 0 Å². The molecule has 0 heterocycles. The van der Waals surface area contributed by atoms with Gasteiger partial charge in [-0.2, -0.15) is 0 Å². The number of ether oxygens (including phenoxy) is 2. The molecule has 1 N–H and O–H groups in total. The van der Waals surface area contributed by atoms with Crippen LogP contribution in [0.4, 0.5) is 0 Å². The van der Waals surface area contributed by atoms with Crippen LogP contribution in [0.3, 0.4) is 0 Å². The molecule has 16 heavy (non-hydrogen) atoms. The van der Waals surface area contributed by atoms with Gasteiger partial charge in [-0.25, -0.2) is 4.79 Å². The fourth-order valence-corrected chi connectivity index (χ4v) is 1.94. The minimum atomic E-state index is -0.620. The predicted molar refractivity (Wildman–Crippen MR) is 62.3 cm³/mol. The van der Waals surface area contributed by atoms with Crippen molar-refractivity contribution in [2.75, 3.05) is 26.9 Å². The Labute approximate surface area is 97.7 Å². The molecule has 0 aliphatic heterocycles. The highest BCUT2D eigenvalue weighted by atomic mass is 16.5. The molecular formula is C12H23NO3. The van der Waals surface area contributed by atoms with E-state index in [9.17, 15) is 4.79 Å². The smallest absolute Gasteiger partial charge is 0.329 e. The highest BCUT2D eigenvalue weighted by molar-refractivity contribution is 5.82. The number of hydrogen-bond acceptors (Lipinski definition) is 4. The molecule has 1 aliphatic rings. The molecule has 0 aromatic heterocycles. The first-order valence-electron chi connectivity index (χ1n) is 6.15. The van der Waals surface area contributed by atoms with Crippen molar-refractivity contribution in [1.82, 2.24) is 5.32 Å². The second-order valence-corrected chi connectivity index (χ2v) is 4.27. The van der Waals surface area contributed by atoms with E-state index in [-0.39, 0.29) is 5.97 Å². The Kier molecular flexibility index (Phi) is 5.22. The maximum Gasteiger partial charge on any atom is 0.329 e. The van der Waals surface area contributed by atoms with Crippen molar-refractivity contribution < 1.29 is 14.3 Å². The first-order chi connectivity index (χ1) is 7.71.